The smallest absolute Gasteiger partial charge is 0.226 e. The maximum absolute atomic E-state index is 11.7. The Morgan fingerprint density at radius 1 is 1.46 bits per heavy atom. The molecule has 1 unspecified atom stereocenters. The number of carbonyl (C=O) groups is 1. The molecule has 1 amide bonds. The molecule has 0 bridgehead atoms. The number of rotatable bonds is 6. The topological polar surface area (TPSA) is 46.3 Å². The second-order valence-electron chi connectivity index (χ2n) is 3.45. The van der Waals surface area contributed by atoms with Gasteiger partial charge in [-0.2, -0.15) is 0 Å². The molecule has 0 spiro atoms. The number of amides is 1. The van der Waals surface area contributed by atoms with Crippen LogP contribution in [0, 0.1) is 5.92 Å². The lowest BCUT2D eigenvalue weighted by Gasteiger charge is -2.21. The van der Waals surface area contributed by atoms with Gasteiger partial charge >= 0.3 is 0 Å². The van der Waals surface area contributed by atoms with E-state index in [1.54, 1.807) is 4.90 Å². The number of unbranched alkanes of at least 4 members (excludes halogenated alkanes) is 1. The predicted molar refractivity (Wildman–Crippen MR) is 55.4 cm³/mol. The maximum Gasteiger partial charge on any atom is 0.226 e. The summed E-state index contributed by atoms with van der Waals surface area (Å²) in [6.45, 7) is 5.44. The minimum absolute atomic E-state index is 0.0156. The van der Waals surface area contributed by atoms with E-state index in [1.807, 2.05) is 14.0 Å². The highest BCUT2D eigenvalue weighted by molar-refractivity contribution is 5.78. The van der Waals surface area contributed by atoms with E-state index >= 15 is 0 Å². The molecule has 3 heteroatoms. The molecule has 78 valence electrons. The fourth-order valence-corrected chi connectivity index (χ4v) is 1.26. The third-order valence-corrected chi connectivity index (χ3v) is 2.35. The zero-order chi connectivity index (χ0) is 10.3. The Balaban J connectivity index is 3.92. The highest BCUT2D eigenvalue weighted by Gasteiger charge is 2.17. The molecule has 0 aliphatic carbocycles. The van der Waals surface area contributed by atoms with E-state index in [0.29, 0.717) is 6.54 Å². The van der Waals surface area contributed by atoms with E-state index in [-0.39, 0.29) is 11.8 Å². The average Bonchev–Trinajstić information content (AvgIpc) is 2.15. The fourth-order valence-electron chi connectivity index (χ4n) is 1.26. The molecule has 0 fully saturated rings. The van der Waals surface area contributed by atoms with Gasteiger partial charge in [0.05, 0.1) is 5.92 Å². The van der Waals surface area contributed by atoms with E-state index in [9.17, 15) is 4.79 Å². The van der Waals surface area contributed by atoms with Gasteiger partial charge in [-0.25, -0.2) is 0 Å². The van der Waals surface area contributed by atoms with Gasteiger partial charge in [0.15, 0.2) is 0 Å². The average molecular weight is 186 g/mol. The molecule has 0 aliphatic heterocycles. The molecule has 0 rings (SSSR count). The van der Waals surface area contributed by atoms with E-state index in [0.717, 1.165) is 25.8 Å². The molecule has 0 aromatic carbocycles. The van der Waals surface area contributed by atoms with Crippen molar-refractivity contribution < 1.29 is 4.79 Å². The van der Waals surface area contributed by atoms with Crippen molar-refractivity contribution in [2.24, 2.45) is 11.7 Å². The first kappa shape index (κ1) is 12.4. The second-order valence-corrected chi connectivity index (χ2v) is 3.45. The monoisotopic (exact) mass is 186 g/mol. The SMILES string of the molecule is CCCCN(C)C(=O)C(CC)CN. The van der Waals surface area contributed by atoms with E-state index in [2.05, 4.69) is 6.92 Å². The molecule has 0 aliphatic rings. The van der Waals surface area contributed by atoms with Gasteiger partial charge in [-0.05, 0) is 12.8 Å². The minimum Gasteiger partial charge on any atom is -0.345 e. The Hall–Kier alpha value is -0.570. The van der Waals surface area contributed by atoms with E-state index in [1.165, 1.54) is 0 Å². The summed E-state index contributed by atoms with van der Waals surface area (Å²) in [5.74, 6) is 0.209. The predicted octanol–water partition coefficient (Wildman–Crippen LogP) is 1.23. The van der Waals surface area contributed by atoms with Gasteiger partial charge in [-0.3, -0.25) is 4.79 Å². The van der Waals surface area contributed by atoms with Gasteiger partial charge in [-0.1, -0.05) is 20.3 Å². The number of nitrogens with zero attached hydrogens (tertiary/aromatic N) is 1. The van der Waals surface area contributed by atoms with Crippen LogP contribution in [0.15, 0.2) is 0 Å². The summed E-state index contributed by atoms with van der Waals surface area (Å²) >= 11 is 0. The van der Waals surface area contributed by atoms with Crippen molar-refractivity contribution in [3.63, 3.8) is 0 Å². The molecule has 0 saturated heterocycles. The zero-order valence-electron chi connectivity index (χ0n) is 9.05. The lowest BCUT2D eigenvalue weighted by Crippen LogP contribution is -2.36. The Kier molecular flexibility index (Phi) is 6.59. The third-order valence-electron chi connectivity index (χ3n) is 2.35. The molecule has 13 heavy (non-hydrogen) atoms. The molecule has 0 saturated carbocycles. The van der Waals surface area contributed by atoms with Gasteiger partial charge in [0, 0.05) is 20.1 Å². The molecule has 0 aromatic rings. The summed E-state index contributed by atoms with van der Waals surface area (Å²) in [7, 11) is 1.86. The van der Waals surface area contributed by atoms with Crippen molar-refractivity contribution >= 4 is 5.91 Å². The Morgan fingerprint density at radius 3 is 2.46 bits per heavy atom. The van der Waals surface area contributed by atoms with E-state index < -0.39 is 0 Å². The van der Waals surface area contributed by atoms with Crippen LogP contribution >= 0.6 is 0 Å². The summed E-state index contributed by atoms with van der Waals surface area (Å²) in [4.78, 5) is 13.5. The maximum atomic E-state index is 11.7. The summed E-state index contributed by atoms with van der Waals surface area (Å²) in [5, 5.41) is 0. The Labute approximate surface area is 81.3 Å². The Bertz CT molecular complexity index is 144. The normalized spacial score (nSPS) is 12.6. The van der Waals surface area contributed by atoms with Crippen LogP contribution in [0.2, 0.25) is 0 Å². The van der Waals surface area contributed by atoms with Crippen molar-refractivity contribution in [3.8, 4) is 0 Å². The number of carbonyl (C=O) groups excluding carboxylic acids is 1. The van der Waals surface area contributed by atoms with Crippen LogP contribution in [0.25, 0.3) is 0 Å². The van der Waals surface area contributed by atoms with Gasteiger partial charge < -0.3 is 10.6 Å². The molecular formula is C10H22N2O. The molecule has 0 heterocycles. The third kappa shape index (κ3) is 4.27. The van der Waals surface area contributed by atoms with Crippen molar-refractivity contribution in [1.29, 1.82) is 0 Å². The summed E-state index contributed by atoms with van der Waals surface area (Å²) in [6.07, 6.45) is 3.03. The van der Waals surface area contributed by atoms with Crippen molar-refractivity contribution in [2.75, 3.05) is 20.1 Å². The lowest BCUT2D eigenvalue weighted by molar-refractivity contribution is -0.134. The number of hydrogen-bond acceptors (Lipinski definition) is 2. The van der Waals surface area contributed by atoms with Crippen molar-refractivity contribution in [3.05, 3.63) is 0 Å². The molecular weight excluding hydrogens is 164 g/mol. The highest BCUT2D eigenvalue weighted by atomic mass is 16.2. The number of hydrogen-bond donors (Lipinski definition) is 1. The second kappa shape index (κ2) is 6.89. The van der Waals surface area contributed by atoms with Crippen LogP contribution in [0.5, 0.6) is 0 Å². The van der Waals surface area contributed by atoms with Gasteiger partial charge in [-0.15, -0.1) is 0 Å². The van der Waals surface area contributed by atoms with E-state index in [4.69, 9.17) is 5.73 Å². The first-order chi connectivity index (χ1) is 6.17. The van der Waals surface area contributed by atoms with Crippen LogP contribution < -0.4 is 5.73 Å². The summed E-state index contributed by atoms with van der Waals surface area (Å²) in [6, 6.07) is 0. The summed E-state index contributed by atoms with van der Waals surface area (Å²) < 4.78 is 0. The molecule has 0 radical (unpaired) electrons. The van der Waals surface area contributed by atoms with Crippen molar-refractivity contribution in [1.82, 2.24) is 4.90 Å². The van der Waals surface area contributed by atoms with Crippen LogP contribution in [-0.2, 0) is 4.79 Å². The molecule has 0 aromatic heterocycles. The Morgan fingerprint density at radius 2 is 2.08 bits per heavy atom. The number of nitrogens with two attached hydrogens (primary N) is 1. The highest BCUT2D eigenvalue weighted by Crippen LogP contribution is 2.05. The minimum atomic E-state index is 0.0156. The lowest BCUT2D eigenvalue weighted by atomic mass is 10.1. The quantitative estimate of drug-likeness (QED) is 0.678. The van der Waals surface area contributed by atoms with Crippen LogP contribution in [0.4, 0.5) is 0 Å². The van der Waals surface area contributed by atoms with Gasteiger partial charge in [0.1, 0.15) is 0 Å². The zero-order valence-corrected chi connectivity index (χ0v) is 9.05. The first-order valence-electron chi connectivity index (χ1n) is 5.12. The molecule has 1 atom stereocenters. The first-order valence-corrected chi connectivity index (χ1v) is 5.12. The molecule has 2 N–H and O–H groups in total. The standard InChI is InChI=1S/C10H22N2O/c1-4-6-7-12(3)10(13)9(5-2)8-11/h9H,4-8,11H2,1-3H3. The molecule has 3 nitrogen and oxygen atoms in total. The van der Waals surface area contributed by atoms with Gasteiger partial charge in [0.25, 0.3) is 0 Å². The largest absolute Gasteiger partial charge is 0.345 e. The van der Waals surface area contributed by atoms with Gasteiger partial charge in [0.2, 0.25) is 5.91 Å². The van der Waals surface area contributed by atoms with Crippen LogP contribution in [0.3, 0.4) is 0 Å². The summed E-state index contributed by atoms with van der Waals surface area (Å²) in [5.41, 5.74) is 5.50. The van der Waals surface area contributed by atoms with Crippen LogP contribution in [-0.4, -0.2) is 30.9 Å². The van der Waals surface area contributed by atoms with Crippen LogP contribution in [0.1, 0.15) is 33.1 Å². The fraction of sp³-hybridized carbons (Fsp3) is 0.900. The van der Waals surface area contributed by atoms with Crippen molar-refractivity contribution in [2.45, 2.75) is 33.1 Å².